The van der Waals surface area contributed by atoms with Gasteiger partial charge in [-0.3, -0.25) is 14.6 Å². The third-order valence-electron chi connectivity index (χ3n) is 5.08. The molecular formula is C21H26N2O5. The summed E-state index contributed by atoms with van der Waals surface area (Å²) in [7, 11) is 1.30. The number of esters is 2. The van der Waals surface area contributed by atoms with Crippen molar-refractivity contribution in [3.05, 3.63) is 29.8 Å². The molecule has 1 amide bonds. The Bertz CT molecular complexity index is 826. The van der Waals surface area contributed by atoms with E-state index in [0.29, 0.717) is 6.42 Å². The van der Waals surface area contributed by atoms with Crippen LogP contribution in [0.3, 0.4) is 0 Å². The van der Waals surface area contributed by atoms with Gasteiger partial charge in [0.05, 0.1) is 19.2 Å². The molecule has 28 heavy (non-hydrogen) atoms. The molecule has 2 aliphatic rings. The predicted octanol–water partition coefficient (Wildman–Crippen LogP) is 2.54. The van der Waals surface area contributed by atoms with Crippen LogP contribution in [0.1, 0.15) is 45.6 Å². The number of benzene rings is 1. The molecule has 3 rings (SSSR count). The molecule has 2 aliphatic heterocycles. The van der Waals surface area contributed by atoms with Crippen LogP contribution in [0.5, 0.6) is 0 Å². The van der Waals surface area contributed by atoms with Crippen LogP contribution in [-0.4, -0.2) is 54.3 Å². The van der Waals surface area contributed by atoms with Gasteiger partial charge in [0.1, 0.15) is 11.6 Å². The van der Waals surface area contributed by atoms with E-state index in [1.54, 1.807) is 27.0 Å². The number of hydrogen-bond acceptors (Lipinski definition) is 6. The average molecular weight is 386 g/mol. The van der Waals surface area contributed by atoms with Crippen molar-refractivity contribution in [3.8, 4) is 0 Å². The standard InChI is InChI=1S/C21H26N2O5/c1-20(2,3)28-19(26)16-11-21(13-22-15-8-6-5-7-14(15)21)12-17(24)23(16)10-9-18(25)27-4/h5-8,13,16H,9-12H2,1-4H3/t16-,21-/m1/s1. The summed E-state index contributed by atoms with van der Waals surface area (Å²) in [6, 6.07) is 6.87. The van der Waals surface area contributed by atoms with Crippen molar-refractivity contribution in [1.29, 1.82) is 0 Å². The van der Waals surface area contributed by atoms with E-state index < -0.39 is 29.0 Å². The summed E-state index contributed by atoms with van der Waals surface area (Å²) < 4.78 is 10.3. The SMILES string of the molecule is COC(=O)CCN1C(=O)C[C@@]2(C=Nc3ccccc32)C[C@@H]1C(=O)OC(C)(C)C. The van der Waals surface area contributed by atoms with E-state index in [0.717, 1.165) is 11.3 Å². The minimum absolute atomic E-state index is 0.0270. The zero-order valence-corrected chi connectivity index (χ0v) is 16.7. The van der Waals surface area contributed by atoms with Crippen molar-refractivity contribution in [2.75, 3.05) is 13.7 Å². The van der Waals surface area contributed by atoms with E-state index >= 15 is 0 Å². The Hall–Kier alpha value is -2.70. The first-order valence-electron chi connectivity index (χ1n) is 9.39. The molecule has 1 aromatic rings. The molecule has 0 saturated carbocycles. The molecule has 1 saturated heterocycles. The molecule has 0 aromatic heterocycles. The summed E-state index contributed by atoms with van der Waals surface area (Å²) in [5, 5.41) is 0. The number of aliphatic imine (C=N–C) groups is 1. The summed E-state index contributed by atoms with van der Waals surface area (Å²) in [6.45, 7) is 5.48. The minimum atomic E-state index is -0.789. The molecule has 1 fully saturated rings. The number of para-hydroxylation sites is 1. The maximum atomic E-state index is 13.1. The lowest BCUT2D eigenvalue weighted by molar-refractivity contribution is -0.168. The Morgan fingerprint density at radius 3 is 2.68 bits per heavy atom. The smallest absolute Gasteiger partial charge is 0.329 e. The van der Waals surface area contributed by atoms with Gasteiger partial charge in [0, 0.05) is 24.6 Å². The number of carbonyl (C=O) groups excluding carboxylic acids is 3. The molecule has 2 heterocycles. The van der Waals surface area contributed by atoms with Gasteiger partial charge in [-0.05, 0) is 38.8 Å². The highest BCUT2D eigenvalue weighted by molar-refractivity contribution is 5.96. The second kappa shape index (κ2) is 7.37. The van der Waals surface area contributed by atoms with Gasteiger partial charge in [0.2, 0.25) is 5.91 Å². The van der Waals surface area contributed by atoms with Crippen LogP contribution in [0.4, 0.5) is 5.69 Å². The van der Waals surface area contributed by atoms with Crippen molar-refractivity contribution < 1.29 is 23.9 Å². The number of fused-ring (bicyclic) bond motifs is 2. The number of likely N-dealkylation sites (tertiary alicyclic amines) is 1. The van der Waals surface area contributed by atoms with Crippen LogP contribution in [-0.2, 0) is 29.3 Å². The fourth-order valence-corrected chi connectivity index (χ4v) is 3.82. The summed E-state index contributed by atoms with van der Waals surface area (Å²) in [5.74, 6) is -1.10. The topological polar surface area (TPSA) is 85.3 Å². The fraction of sp³-hybridized carbons (Fsp3) is 0.524. The normalized spacial score (nSPS) is 23.6. The van der Waals surface area contributed by atoms with Crippen molar-refractivity contribution in [2.45, 2.75) is 57.1 Å². The van der Waals surface area contributed by atoms with Gasteiger partial charge >= 0.3 is 11.9 Å². The second-order valence-electron chi connectivity index (χ2n) is 8.27. The maximum absolute atomic E-state index is 13.1. The molecule has 0 unspecified atom stereocenters. The Morgan fingerprint density at radius 2 is 2.00 bits per heavy atom. The fourth-order valence-electron chi connectivity index (χ4n) is 3.82. The van der Waals surface area contributed by atoms with Crippen LogP contribution >= 0.6 is 0 Å². The zero-order valence-electron chi connectivity index (χ0n) is 16.7. The summed E-state index contributed by atoms with van der Waals surface area (Å²) in [6.07, 6.45) is 2.38. The monoisotopic (exact) mass is 386 g/mol. The Kier molecular flexibility index (Phi) is 5.28. The molecule has 150 valence electrons. The van der Waals surface area contributed by atoms with Crippen LogP contribution in [0.25, 0.3) is 0 Å². The van der Waals surface area contributed by atoms with Crippen molar-refractivity contribution in [2.24, 2.45) is 4.99 Å². The van der Waals surface area contributed by atoms with E-state index in [4.69, 9.17) is 4.74 Å². The van der Waals surface area contributed by atoms with Crippen LogP contribution in [0.15, 0.2) is 29.3 Å². The first-order valence-corrected chi connectivity index (χ1v) is 9.39. The minimum Gasteiger partial charge on any atom is -0.469 e. The summed E-state index contributed by atoms with van der Waals surface area (Å²) in [4.78, 5) is 43.5. The second-order valence-corrected chi connectivity index (χ2v) is 8.27. The predicted molar refractivity (Wildman–Crippen MR) is 103 cm³/mol. The number of ether oxygens (including phenoxy) is 2. The van der Waals surface area contributed by atoms with E-state index in [1.807, 2.05) is 24.3 Å². The first kappa shape index (κ1) is 20.0. The number of hydrogen-bond donors (Lipinski definition) is 0. The first-order chi connectivity index (χ1) is 13.1. The molecule has 7 nitrogen and oxygen atoms in total. The lowest BCUT2D eigenvalue weighted by Crippen LogP contribution is -2.57. The van der Waals surface area contributed by atoms with Crippen LogP contribution in [0.2, 0.25) is 0 Å². The van der Waals surface area contributed by atoms with Crippen molar-refractivity contribution in [1.82, 2.24) is 4.90 Å². The molecule has 0 radical (unpaired) electrons. The Balaban J connectivity index is 1.91. The molecule has 0 N–H and O–H groups in total. The van der Waals surface area contributed by atoms with Gasteiger partial charge in [0.25, 0.3) is 0 Å². The molecule has 7 heteroatoms. The van der Waals surface area contributed by atoms with Gasteiger partial charge in [-0.1, -0.05) is 18.2 Å². The number of methoxy groups -OCH3 is 1. The van der Waals surface area contributed by atoms with E-state index in [-0.39, 0.29) is 25.3 Å². The number of carbonyl (C=O) groups is 3. The number of piperidine rings is 1. The van der Waals surface area contributed by atoms with Gasteiger partial charge in [0.15, 0.2) is 0 Å². The number of amides is 1. The van der Waals surface area contributed by atoms with E-state index in [2.05, 4.69) is 9.73 Å². The average Bonchev–Trinajstić information content (AvgIpc) is 2.97. The number of rotatable bonds is 4. The summed E-state index contributed by atoms with van der Waals surface area (Å²) >= 11 is 0. The molecule has 1 aromatic carbocycles. The molecule has 1 spiro atoms. The third-order valence-corrected chi connectivity index (χ3v) is 5.08. The van der Waals surface area contributed by atoms with Crippen molar-refractivity contribution in [3.63, 3.8) is 0 Å². The highest BCUT2D eigenvalue weighted by atomic mass is 16.6. The molecule has 0 bridgehead atoms. The van der Waals surface area contributed by atoms with Crippen LogP contribution in [0, 0.1) is 0 Å². The summed E-state index contributed by atoms with van der Waals surface area (Å²) in [5.41, 5.74) is 0.461. The molecular weight excluding hydrogens is 360 g/mol. The van der Waals surface area contributed by atoms with Gasteiger partial charge in [-0.15, -0.1) is 0 Å². The van der Waals surface area contributed by atoms with Crippen LogP contribution < -0.4 is 0 Å². The van der Waals surface area contributed by atoms with E-state index in [1.165, 1.54) is 12.0 Å². The van der Waals surface area contributed by atoms with Crippen molar-refractivity contribution >= 4 is 29.7 Å². The largest absolute Gasteiger partial charge is 0.469 e. The van der Waals surface area contributed by atoms with Gasteiger partial charge in [-0.2, -0.15) is 0 Å². The highest BCUT2D eigenvalue weighted by Gasteiger charge is 2.50. The van der Waals surface area contributed by atoms with E-state index in [9.17, 15) is 14.4 Å². The molecule has 0 aliphatic carbocycles. The highest BCUT2D eigenvalue weighted by Crippen LogP contribution is 2.45. The Labute approximate surface area is 164 Å². The lowest BCUT2D eigenvalue weighted by Gasteiger charge is -2.43. The lowest BCUT2D eigenvalue weighted by atomic mass is 9.71. The maximum Gasteiger partial charge on any atom is 0.329 e. The van der Waals surface area contributed by atoms with Gasteiger partial charge in [-0.25, -0.2) is 4.79 Å². The van der Waals surface area contributed by atoms with Gasteiger partial charge < -0.3 is 14.4 Å². The number of nitrogens with zero attached hydrogens (tertiary/aromatic N) is 2. The molecule has 2 atom stereocenters. The zero-order chi connectivity index (χ0) is 20.5. The Morgan fingerprint density at radius 1 is 1.29 bits per heavy atom. The third kappa shape index (κ3) is 3.93. The quantitative estimate of drug-likeness (QED) is 0.743.